The molecule has 1 aromatic carbocycles. The maximum atomic E-state index is 12.2. The summed E-state index contributed by atoms with van der Waals surface area (Å²) in [5, 5.41) is 0. The average molecular weight is 521 g/mol. The summed E-state index contributed by atoms with van der Waals surface area (Å²) >= 11 is -1.68. The lowest BCUT2D eigenvalue weighted by atomic mass is 10.0. The second kappa shape index (κ2) is 13.0. The van der Waals surface area contributed by atoms with Crippen LogP contribution >= 0.6 is 0 Å². The first kappa shape index (κ1) is 24.7. The van der Waals surface area contributed by atoms with Crippen LogP contribution < -0.4 is 21.6 Å². The fraction of sp³-hybridized carbons (Fsp3) is 0.684. The molecule has 0 radical (unpaired) electrons. The maximum Gasteiger partial charge on any atom is 0.540 e. The van der Waals surface area contributed by atoms with Gasteiger partial charge in [0.15, 0.2) is 0 Å². The second-order valence-corrected chi connectivity index (χ2v) is 10.9. The van der Waals surface area contributed by atoms with Crippen molar-refractivity contribution in [1.29, 1.82) is 0 Å². The molecule has 0 atom stereocenters. The lowest BCUT2D eigenvalue weighted by Gasteiger charge is -2.03. The molecule has 0 aliphatic rings. The number of benzene rings is 1. The summed E-state index contributed by atoms with van der Waals surface area (Å²) in [6, 6.07) is 6.99. The summed E-state index contributed by atoms with van der Waals surface area (Å²) in [6.07, 6.45) is 13.7. The Morgan fingerprint density at radius 2 is 1.33 bits per heavy atom. The van der Waals surface area contributed by atoms with Crippen molar-refractivity contribution in [3.05, 3.63) is 33.4 Å². The monoisotopic (exact) mass is 521 g/mol. The summed E-state index contributed by atoms with van der Waals surface area (Å²) < 4.78 is 63.1. The van der Waals surface area contributed by atoms with Gasteiger partial charge in [0.2, 0.25) is 3.57 Å². The predicted octanol–water partition coefficient (Wildman–Crippen LogP) is 3.19. The van der Waals surface area contributed by atoms with Gasteiger partial charge in [0.05, 0.1) is 0 Å². The molecule has 27 heavy (non-hydrogen) atoms. The highest BCUT2D eigenvalue weighted by Gasteiger charge is 2.51. The van der Waals surface area contributed by atoms with Crippen LogP contribution in [0.3, 0.4) is 0 Å². The zero-order chi connectivity index (χ0) is 20.2. The van der Waals surface area contributed by atoms with Gasteiger partial charge >= 0.3 is 37.2 Å². The first-order valence-electron chi connectivity index (χ1n) is 9.50. The molecule has 0 aliphatic carbocycles. The molecule has 0 unspecified atom stereocenters. The van der Waals surface area contributed by atoms with Crippen LogP contribution in [0.25, 0.3) is 0 Å². The van der Waals surface area contributed by atoms with Gasteiger partial charge in [0, 0.05) is 2.51 Å². The Balaban J connectivity index is 2.16. The highest BCUT2D eigenvalue weighted by Crippen LogP contribution is 2.22. The van der Waals surface area contributed by atoms with E-state index < -0.39 is 37.2 Å². The zero-order valence-electron chi connectivity index (χ0n) is 15.7. The smallest absolute Gasteiger partial charge is 0.186 e. The minimum absolute atomic E-state index is 0.508. The predicted molar refractivity (Wildman–Crippen MR) is 96.7 cm³/mol. The van der Waals surface area contributed by atoms with Crippen molar-refractivity contribution in [2.45, 2.75) is 83.1 Å². The Bertz CT molecular complexity index is 616. The van der Waals surface area contributed by atoms with E-state index in [1.54, 1.807) is 12.1 Å². The van der Waals surface area contributed by atoms with Crippen molar-refractivity contribution >= 4 is 10.1 Å². The lowest BCUT2D eigenvalue weighted by Crippen LogP contribution is -3.62. The third kappa shape index (κ3) is 10.7. The Hall–Kier alpha value is -0.350. The Labute approximate surface area is 172 Å². The summed E-state index contributed by atoms with van der Waals surface area (Å²) in [7, 11) is -5.49. The highest BCUT2D eigenvalue weighted by molar-refractivity contribution is 7.87. The number of hydrogen-bond donors (Lipinski definition) is 0. The molecule has 8 heteroatoms. The molecule has 0 aromatic heterocycles. The molecular weight excluding hydrogens is 492 g/mol. The Kier molecular flexibility index (Phi) is 11.9. The van der Waals surface area contributed by atoms with E-state index in [1.165, 1.54) is 57.8 Å². The lowest BCUT2D eigenvalue weighted by molar-refractivity contribution is -0.838. The zero-order valence-corrected chi connectivity index (χ0v) is 18.7. The molecule has 0 amide bonds. The molecule has 0 heterocycles. The summed E-state index contributed by atoms with van der Waals surface area (Å²) in [5.41, 5.74) is -4.25. The van der Waals surface area contributed by atoms with Gasteiger partial charge in [0.25, 0.3) is 0 Å². The topological polar surface area (TPSA) is 43.4 Å². The molecule has 0 fully saturated rings. The molecule has 0 saturated carbocycles. The maximum absolute atomic E-state index is 12.2. The third-order valence-corrected chi connectivity index (χ3v) is 8.20. The molecule has 0 spiro atoms. The van der Waals surface area contributed by atoms with Crippen LogP contribution in [-0.2, 0) is 19.1 Å². The standard InChI is InChI=1S/C19H29F3IO3S/c1-2-3-4-5-6-7-8-9-10-11-12-17-13-15-18(16-14-17)23-26-27(24,25)19(20,21)22/h13-16H,2-12H2,1H3/q+1. The van der Waals surface area contributed by atoms with E-state index in [0.717, 1.165) is 18.4 Å². The van der Waals surface area contributed by atoms with Crippen LogP contribution in [0.2, 0.25) is 0 Å². The van der Waals surface area contributed by atoms with Gasteiger partial charge in [-0.3, -0.25) is 0 Å². The number of rotatable bonds is 14. The van der Waals surface area contributed by atoms with Gasteiger partial charge in [0.1, 0.15) is 0 Å². The van der Waals surface area contributed by atoms with E-state index in [-0.39, 0.29) is 0 Å². The minimum Gasteiger partial charge on any atom is -0.186 e. The van der Waals surface area contributed by atoms with Crippen molar-refractivity contribution in [3.63, 3.8) is 0 Å². The molecule has 0 N–H and O–H groups in total. The number of alkyl halides is 3. The van der Waals surface area contributed by atoms with Crippen LogP contribution in [0.5, 0.6) is 0 Å². The molecule has 0 saturated heterocycles. The van der Waals surface area contributed by atoms with E-state index in [0.29, 0.717) is 3.57 Å². The third-order valence-electron chi connectivity index (χ3n) is 4.22. The number of unbranched alkanes of at least 4 members (excludes halogenated alkanes) is 9. The summed E-state index contributed by atoms with van der Waals surface area (Å²) in [4.78, 5) is 0. The van der Waals surface area contributed by atoms with Crippen LogP contribution in [-0.4, -0.2) is 13.9 Å². The van der Waals surface area contributed by atoms with Gasteiger partial charge in [-0.15, -0.1) is 0 Å². The van der Waals surface area contributed by atoms with Crippen LogP contribution in [0.4, 0.5) is 13.2 Å². The second-order valence-electron chi connectivity index (χ2n) is 6.60. The van der Waals surface area contributed by atoms with Gasteiger partial charge in [-0.1, -0.05) is 76.8 Å². The van der Waals surface area contributed by atoms with Crippen molar-refractivity contribution in [1.82, 2.24) is 0 Å². The first-order chi connectivity index (χ1) is 12.8. The van der Waals surface area contributed by atoms with Gasteiger partial charge in [-0.25, -0.2) is 0 Å². The van der Waals surface area contributed by atoms with E-state index in [2.05, 4.69) is 9.44 Å². The molecular formula is C19H29F3IO3S+. The molecule has 1 aromatic rings. The quantitative estimate of drug-likeness (QED) is 0.215. The molecule has 156 valence electrons. The Morgan fingerprint density at radius 3 is 1.81 bits per heavy atom. The molecule has 0 bridgehead atoms. The van der Waals surface area contributed by atoms with Gasteiger partial charge < -0.3 is 0 Å². The van der Waals surface area contributed by atoms with E-state index >= 15 is 0 Å². The molecule has 1 rings (SSSR count). The molecule has 0 aliphatic heterocycles. The van der Waals surface area contributed by atoms with E-state index in [9.17, 15) is 21.6 Å². The van der Waals surface area contributed by atoms with Crippen molar-refractivity contribution < 1.29 is 45.7 Å². The highest BCUT2D eigenvalue weighted by atomic mass is 127. The van der Waals surface area contributed by atoms with Crippen molar-refractivity contribution in [3.8, 4) is 0 Å². The number of hydrogen-bond acceptors (Lipinski definition) is 3. The van der Waals surface area contributed by atoms with Crippen LogP contribution in [0.1, 0.15) is 76.7 Å². The van der Waals surface area contributed by atoms with Crippen LogP contribution in [0.15, 0.2) is 24.3 Å². The summed E-state index contributed by atoms with van der Waals surface area (Å²) in [6.45, 7) is 2.22. The van der Waals surface area contributed by atoms with Crippen molar-refractivity contribution in [2.24, 2.45) is 0 Å². The number of halogens is 4. The Morgan fingerprint density at radius 1 is 0.852 bits per heavy atom. The fourth-order valence-electron chi connectivity index (χ4n) is 2.63. The largest absolute Gasteiger partial charge is 0.540 e. The SMILES string of the molecule is CCCCCCCCCCCCc1ccc([I+]OS(=O)(=O)C(F)(F)F)cc1. The van der Waals surface area contributed by atoms with Gasteiger partial charge in [-0.05, 0) is 30.5 Å². The first-order valence-corrected chi connectivity index (χ1v) is 12.9. The molecule has 3 nitrogen and oxygen atoms in total. The average Bonchev–Trinajstić information content (AvgIpc) is 2.61. The van der Waals surface area contributed by atoms with E-state index in [4.69, 9.17) is 0 Å². The van der Waals surface area contributed by atoms with E-state index in [1.807, 2.05) is 12.1 Å². The van der Waals surface area contributed by atoms with Crippen molar-refractivity contribution in [2.75, 3.05) is 0 Å². The fourth-order valence-corrected chi connectivity index (χ4v) is 5.46. The normalized spacial score (nSPS) is 12.4. The minimum atomic E-state index is -5.49. The number of aryl methyl sites for hydroxylation is 1. The van der Waals surface area contributed by atoms with Gasteiger partial charge in [-0.2, -0.15) is 21.6 Å². The summed E-state index contributed by atoms with van der Waals surface area (Å²) in [5.74, 6) is 0. The van der Waals surface area contributed by atoms with Crippen LogP contribution in [0, 0.1) is 3.57 Å².